The zero-order chi connectivity index (χ0) is 22.0. The predicted octanol–water partition coefficient (Wildman–Crippen LogP) is 3.97. The van der Waals surface area contributed by atoms with Gasteiger partial charge in [0, 0.05) is 29.7 Å². The highest BCUT2D eigenvalue weighted by Gasteiger charge is 2.25. The number of amides is 1. The molecule has 6 heteroatoms. The van der Waals surface area contributed by atoms with E-state index in [9.17, 15) is 9.59 Å². The number of nitrogens with zero attached hydrogens (tertiary/aromatic N) is 1. The van der Waals surface area contributed by atoms with Gasteiger partial charge in [0.1, 0.15) is 5.75 Å². The monoisotopic (exact) mass is 420 g/mol. The predicted molar refractivity (Wildman–Crippen MR) is 121 cm³/mol. The molecule has 0 radical (unpaired) electrons. The molecule has 0 bridgehead atoms. The molecule has 162 valence electrons. The fraction of sp³-hybridized carbons (Fsp3) is 0.360. The highest BCUT2D eigenvalue weighted by Crippen LogP contribution is 2.22. The molecule has 6 nitrogen and oxygen atoms in total. The topological polar surface area (TPSA) is 71.6 Å². The molecule has 1 aliphatic heterocycles. The molecule has 0 saturated carbocycles. The number of carbonyl (C=O) groups excluding carboxylic acids is 1. The maximum Gasteiger partial charge on any atom is 0.254 e. The van der Waals surface area contributed by atoms with Gasteiger partial charge in [-0.15, -0.1) is 0 Å². The Balaban J connectivity index is 1.70. The summed E-state index contributed by atoms with van der Waals surface area (Å²) in [5, 5.41) is 1.00. The second-order valence-corrected chi connectivity index (χ2v) is 8.16. The summed E-state index contributed by atoms with van der Waals surface area (Å²) in [5.41, 5.74) is 3.88. The molecule has 1 N–H and O–H groups in total. The van der Waals surface area contributed by atoms with Gasteiger partial charge in [0.15, 0.2) is 0 Å². The van der Waals surface area contributed by atoms with Crippen LogP contribution in [0, 0.1) is 13.8 Å². The molecule has 2 heterocycles. The minimum atomic E-state index is -0.169. The van der Waals surface area contributed by atoms with Crippen molar-refractivity contribution in [2.75, 3.05) is 20.3 Å². The first kappa shape index (κ1) is 21.1. The molecule has 1 aromatic heterocycles. The van der Waals surface area contributed by atoms with Crippen LogP contribution in [0.25, 0.3) is 10.9 Å². The summed E-state index contributed by atoms with van der Waals surface area (Å²) in [6.45, 7) is 5.37. The number of hydrogen-bond donors (Lipinski definition) is 1. The van der Waals surface area contributed by atoms with Gasteiger partial charge >= 0.3 is 0 Å². The van der Waals surface area contributed by atoms with Crippen molar-refractivity contribution in [3.05, 3.63) is 75.1 Å². The van der Waals surface area contributed by atoms with Crippen LogP contribution in [-0.2, 0) is 11.3 Å². The quantitative estimate of drug-likeness (QED) is 0.655. The second-order valence-electron chi connectivity index (χ2n) is 8.16. The minimum absolute atomic E-state index is 0.0157. The Labute approximate surface area is 181 Å². The number of hydrogen-bond acceptors (Lipinski definition) is 4. The van der Waals surface area contributed by atoms with Gasteiger partial charge in [0.2, 0.25) is 0 Å². The van der Waals surface area contributed by atoms with Gasteiger partial charge in [0.25, 0.3) is 11.5 Å². The highest BCUT2D eigenvalue weighted by molar-refractivity contribution is 5.94. The number of benzene rings is 2. The number of rotatable bonds is 6. The summed E-state index contributed by atoms with van der Waals surface area (Å²) in [6.07, 6.45) is 1.88. The van der Waals surface area contributed by atoms with E-state index < -0.39 is 0 Å². The molecule has 2 aromatic carbocycles. The third kappa shape index (κ3) is 4.49. The second kappa shape index (κ2) is 8.94. The minimum Gasteiger partial charge on any atom is -0.497 e. The Kier molecular flexibility index (Phi) is 6.09. The molecule has 1 atom stereocenters. The van der Waals surface area contributed by atoms with Crippen molar-refractivity contribution in [3.8, 4) is 5.75 Å². The van der Waals surface area contributed by atoms with Crippen molar-refractivity contribution in [3.63, 3.8) is 0 Å². The van der Waals surface area contributed by atoms with Gasteiger partial charge in [0.05, 0.1) is 25.3 Å². The van der Waals surface area contributed by atoms with Crippen molar-refractivity contribution < 1.29 is 14.3 Å². The van der Waals surface area contributed by atoms with E-state index in [1.54, 1.807) is 36.3 Å². The van der Waals surface area contributed by atoms with Gasteiger partial charge in [-0.1, -0.05) is 18.2 Å². The largest absolute Gasteiger partial charge is 0.497 e. The Hall–Kier alpha value is -3.12. The van der Waals surface area contributed by atoms with Crippen LogP contribution in [0.3, 0.4) is 0 Å². The average Bonchev–Trinajstić information content (AvgIpc) is 3.29. The van der Waals surface area contributed by atoms with Gasteiger partial charge < -0.3 is 19.4 Å². The summed E-state index contributed by atoms with van der Waals surface area (Å²) in [7, 11) is 1.58. The highest BCUT2D eigenvalue weighted by atomic mass is 16.5. The van der Waals surface area contributed by atoms with E-state index in [4.69, 9.17) is 9.47 Å². The van der Waals surface area contributed by atoms with Crippen molar-refractivity contribution in [1.29, 1.82) is 0 Å². The third-order valence-corrected chi connectivity index (χ3v) is 5.93. The number of methoxy groups -OCH3 is 1. The lowest BCUT2D eigenvalue weighted by Gasteiger charge is -2.26. The molecule has 0 spiro atoms. The lowest BCUT2D eigenvalue weighted by Crippen LogP contribution is -2.38. The van der Waals surface area contributed by atoms with Crippen LogP contribution >= 0.6 is 0 Å². The number of carbonyl (C=O) groups is 1. The maximum absolute atomic E-state index is 13.4. The van der Waals surface area contributed by atoms with E-state index in [2.05, 4.69) is 4.98 Å². The molecule has 1 unspecified atom stereocenters. The molecule has 4 rings (SSSR count). The van der Waals surface area contributed by atoms with Gasteiger partial charge in [-0.25, -0.2) is 0 Å². The number of pyridine rings is 1. The van der Waals surface area contributed by atoms with E-state index in [1.165, 1.54) is 0 Å². The SMILES string of the molecule is COc1cccc(C(=O)N(Cc2cc3c(C)ccc(C)c3[nH]c2=O)CC2CCCO2)c1. The van der Waals surface area contributed by atoms with Crippen molar-refractivity contribution in [2.24, 2.45) is 0 Å². The van der Waals surface area contributed by atoms with Crippen LogP contribution in [0.15, 0.2) is 47.3 Å². The van der Waals surface area contributed by atoms with Crippen molar-refractivity contribution in [1.82, 2.24) is 9.88 Å². The summed E-state index contributed by atoms with van der Waals surface area (Å²) >= 11 is 0. The van der Waals surface area contributed by atoms with E-state index >= 15 is 0 Å². The Bertz CT molecular complexity index is 1160. The van der Waals surface area contributed by atoms with Gasteiger partial charge in [-0.3, -0.25) is 9.59 Å². The van der Waals surface area contributed by atoms with Crippen LogP contribution in [0.1, 0.15) is 39.9 Å². The van der Waals surface area contributed by atoms with E-state index in [-0.39, 0.29) is 24.1 Å². The summed E-state index contributed by atoms with van der Waals surface area (Å²) < 4.78 is 11.1. The Morgan fingerprint density at radius 1 is 1.19 bits per heavy atom. The molecule has 3 aromatic rings. The number of ether oxygens (including phenoxy) is 2. The fourth-order valence-electron chi connectivity index (χ4n) is 4.13. The molecule has 31 heavy (non-hydrogen) atoms. The number of aryl methyl sites for hydroxylation is 2. The zero-order valence-electron chi connectivity index (χ0n) is 18.2. The summed E-state index contributed by atoms with van der Waals surface area (Å²) in [6, 6.07) is 13.1. The zero-order valence-corrected chi connectivity index (χ0v) is 18.2. The first-order valence-electron chi connectivity index (χ1n) is 10.6. The number of H-pyrrole nitrogens is 1. The van der Waals surface area contributed by atoms with Crippen LogP contribution < -0.4 is 10.3 Å². The molecule has 1 fully saturated rings. The number of aromatic amines is 1. The number of aromatic nitrogens is 1. The molecule has 1 saturated heterocycles. The molecule has 1 aliphatic rings. The van der Waals surface area contributed by atoms with E-state index in [0.29, 0.717) is 30.0 Å². The average molecular weight is 421 g/mol. The van der Waals surface area contributed by atoms with Crippen molar-refractivity contribution in [2.45, 2.75) is 39.3 Å². The van der Waals surface area contributed by atoms with Crippen LogP contribution in [0.5, 0.6) is 5.75 Å². The normalized spacial score (nSPS) is 15.9. The lowest BCUT2D eigenvalue weighted by atomic mass is 10.0. The first-order valence-corrected chi connectivity index (χ1v) is 10.6. The third-order valence-electron chi connectivity index (χ3n) is 5.93. The number of nitrogens with one attached hydrogen (secondary N) is 1. The Morgan fingerprint density at radius 3 is 2.74 bits per heavy atom. The Morgan fingerprint density at radius 2 is 2.00 bits per heavy atom. The molecular formula is C25H28N2O4. The lowest BCUT2D eigenvalue weighted by molar-refractivity contribution is 0.0506. The molecular weight excluding hydrogens is 392 g/mol. The maximum atomic E-state index is 13.4. The summed E-state index contributed by atoms with van der Waals surface area (Å²) in [5.74, 6) is 0.479. The summed E-state index contributed by atoms with van der Waals surface area (Å²) in [4.78, 5) is 31.0. The van der Waals surface area contributed by atoms with Crippen LogP contribution in [0.2, 0.25) is 0 Å². The van der Waals surface area contributed by atoms with E-state index in [0.717, 1.165) is 34.9 Å². The van der Waals surface area contributed by atoms with Crippen molar-refractivity contribution >= 4 is 16.8 Å². The van der Waals surface area contributed by atoms with Crippen LogP contribution in [-0.4, -0.2) is 42.2 Å². The van der Waals surface area contributed by atoms with Gasteiger partial charge in [-0.05, 0) is 62.1 Å². The standard InChI is InChI=1S/C25H28N2O4/c1-16-9-10-17(2)23-22(16)13-19(24(28)26-23)14-27(15-21-8-5-11-31-21)25(29)18-6-4-7-20(12-18)30-3/h4,6-7,9-10,12-13,21H,5,8,11,14-15H2,1-3H3,(H,26,28). The van der Waals surface area contributed by atoms with Gasteiger partial charge in [-0.2, -0.15) is 0 Å². The first-order chi connectivity index (χ1) is 15.0. The van der Waals surface area contributed by atoms with Crippen LogP contribution in [0.4, 0.5) is 0 Å². The molecule has 0 aliphatic carbocycles. The fourth-order valence-corrected chi connectivity index (χ4v) is 4.13. The van der Waals surface area contributed by atoms with E-state index in [1.807, 2.05) is 32.0 Å². The molecule has 1 amide bonds. The number of fused-ring (bicyclic) bond motifs is 1. The smallest absolute Gasteiger partial charge is 0.254 e.